The third-order valence-corrected chi connectivity index (χ3v) is 4.02. The van der Waals surface area contributed by atoms with Crippen molar-refractivity contribution >= 4 is 33.6 Å². The van der Waals surface area contributed by atoms with Crippen LogP contribution in [0.1, 0.15) is 21.7 Å². The minimum absolute atomic E-state index is 0.140. The molecule has 1 N–H and O–H groups in total. The van der Waals surface area contributed by atoms with E-state index in [-0.39, 0.29) is 10.6 Å². The van der Waals surface area contributed by atoms with E-state index in [1.54, 1.807) is 25.1 Å². The van der Waals surface area contributed by atoms with E-state index < -0.39 is 21.7 Å². The lowest BCUT2D eigenvalue weighted by Gasteiger charge is -2.05. The van der Waals surface area contributed by atoms with E-state index in [0.29, 0.717) is 5.69 Å². The van der Waals surface area contributed by atoms with Gasteiger partial charge in [0.25, 0.3) is 15.9 Å². The fourth-order valence-corrected chi connectivity index (χ4v) is 2.72. The Bertz CT molecular complexity index is 882. The first kappa shape index (κ1) is 17.1. The minimum Gasteiger partial charge on any atom is -0.268 e. The van der Waals surface area contributed by atoms with Gasteiger partial charge in [0, 0.05) is 5.69 Å². The van der Waals surface area contributed by atoms with Crippen LogP contribution in [0.25, 0.3) is 6.08 Å². The molecule has 0 atom stereocenters. The Morgan fingerprint density at radius 2 is 2.04 bits per heavy atom. The number of hydrogen-bond donors (Lipinski definition) is 1. The standard InChI is InChI=1S/C15H12ClFN2O3S/c1-10-3-2-4-12(18-10)7-8-23(21,22)19-15(20)13-6-5-11(17)9-14(13)16/h2-9H,1H3,(H,19,20)/b8-7+. The first-order valence-electron chi connectivity index (χ1n) is 6.41. The Balaban J connectivity index is 2.16. The summed E-state index contributed by atoms with van der Waals surface area (Å²) in [5, 5.41) is 0.645. The number of halogens is 2. The fraction of sp³-hybridized carbons (Fsp3) is 0.0667. The molecule has 1 amide bonds. The molecule has 1 heterocycles. The summed E-state index contributed by atoms with van der Waals surface area (Å²) in [7, 11) is -4.04. The van der Waals surface area contributed by atoms with Crippen molar-refractivity contribution in [2.24, 2.45) is 0 Å². The Hall–Kier alpha value is -2.25. The van der Waals surface area contributed by atoms with E-state index in [0.717, 1.165) is 29.3 Å². The van der Waals surface area contributed by atoms with Crippen LogP contribution < -0.4 is 4.72 Å². The summed E-state index contributed by atoms with van der Waals surface area (Å²) >= 11 is 5.72. The van der Waals surface area contributed by atoms with Crippen LogP contribution in [0.5, 0.6) is 0 Å². The van der Waals surface area contributed by atoms with E-state index in [1.807, 2.05) is 4.72 Å². The van der Waals surface area contributed by atoms with Crippen LogP contribution in [0, 0.1) is 12.7 Å². The molecule has 1 aromatic heterocycles. The number of amides is 1. The van der Waals surface area contributed by atoms with Gasteiger partial charge in [0.2, 0.25) is 0 Å². The maximum absolute atomic E-state index is 12.9. The number of nitrogens with zero attached hydrogens (tertiary/aromatic N) is 1. The van der Waals surface area contributed by atoms with Crippen molar-refractivity contribution in [1.82, 2.24) is 9.71 Å². The van der Waals surface area contributed by atoms with Gasteiger partial charge in [-0.15, -0.1) is 0 Å². The number of pyridine rings is 1. The third-order valence-electron chi connectivity index (χ3n) is 2.74. The van der Waals surface area contributed by atoms with Gasteiger partial charge in [0.05, 0.1) is 21.7 Å². The van der Waals surface area contributed by atoms with Crippen molar-refractivity contribution in [2.75, 3.05) is 0 Å². The number of hydrogen-bond acceptors (Lipinski definition) is 4. The van der Waals surface area contributed by atoms with E-state index >= 15 is 0 Å². The van der Waals surface area contributed by atoms with Gasteiger partial charge in [-0.2, -0.15) is 0 Å². The van der Waals surface area contributed by atoms with Crippen molar-refractivity contribution in [3.63, 3.8) is 0 Å². The predicted molar refractivity (Wildman–Crippen MR) is 85.8 cm³/mol. The molecule has 0 aliphatic carbocycles. The number of carbonyl (C=O) groups is 1. The molecule has 0 aliphatic rings. The molecule has 0 saturated carbocycles. The van der Waals surface area contributed by atoms with Gasteiger partial charge in [0.15, 0.2) is 0 Å². The summed E-state index contributed by atoms with van der Waals surface area (Å²) in [6.07, 6.45) is 1.26. The molecule has 1 aromatic carbocycles. The van der Waals surface area contributed by atoms with Crippen molar-refractivity contribution in [2.45, 2.75) is 6.92 Å². The number of rotatable bonds is 4. The van der Waals surface area contributed by atoms with Crippen LogP contribution in [0.15, 0.2) is 41.8 Å². The van der Waals surface area contributed by atoms with Gasteiger partial charge in [-0.05, 0) is 43.3 Å². The van der Waals surface area contributed by atoms with Crippen LogP contribution in [0.4, 0.5) is 4.39 Å². The molecule has 0 spiro atoms. The highest BCUT2D eigenvalue weighted by atomic mass is 35.5. The van der Waals surface area contributed by atoms with Gasteiger partial charge in [-0.1, -0.05) is 17.7 Å². The first-order valence-corrected chi connectivity index (χ1v) is 8.33. The lowest BCUT2D eigenvalue weighted by Crippen LogP contribution is -2.29. The van der Waals surface area contributed by atoms with Crippen molar-refractivity contribution in [1.29, 1.82) is 0 Å². The van der Waals surface area contributed by atoms with Gasteiger partial charge in [-0.25, -0.2) is 17.5 Å². The number of sulfonamides is 1. The predicted octanol–water partition coefficient (Wildman–Crippen LogP) is 2.91. The van der Waals surface area contributed by atoms with Gasteiger partial charge >= 0.3 is 0 Å². The zero-order chi connectivity index (χ0) is 17.0. The summed E-state index contributed by atoms with van der Waals surface area (Å²) in [5.74, 6) is -1.57. The number of carbonyl (C=O) groups excluding carboxylic acids is 1. The maximum Gasteiger partial charge on any atom is 0.266 e. The third kappa shape index (κ3) is 4.87. The Morgan fingerprint density at radius 3 is 2.70 bits per heavy atom. The Morgan fingerprint density at radius 1 is 1.30 bits per heavy atom. The Kier molecular flexibility index (Phi) is 5.12. The second kappa shape index (κ2) is 6.89. The van der Waals surface area contributed by atoms with E-state index in [9.17, 15) is 17.6 Å². The lowest BCUT2D eigenvalue weighted by molar-refractivity contribution is 0.0982. The zero-order valence-electron chi connectivity index (χ0n) is 12.0. The SMILES string of the molecule is Cc1cccc(/C=C/S(=O)(=O)NC(=O)c2ccc(F)cc2Cl)n1. The summed E-state index contributed by atoms with van der Waals surface area (Å²) < 4.78 is 38.5. The molecule has 2 aromatic rings. The highest BCUT2D eigenvalue weighted by molar-refractivity contribution is 7.93. The second-order valence-electron chi connectivity index (χ2n) is 4.61. The number of aryl methyl sites for hydroxylation is 1. The number of benzene rings is 1. The molecular weight excluding hydrogens is 343 g/mol. The average Bonchev–Trinajstić information content (AvgIpc) is 2.44. The molecule has 0 aliphatic heterocycles. The molecule has 5 nitrogen and oxygen atoms in total. The second-order valence-corrected chi connectivity index (χ2v) is 6.58. The van der Waals surface area contributed by atoms with Crippen molar-refractivity contribution in [3.8, 4) is 0 Å². The monoisotopic (exact) mass is 354 g/mol. The number of aromatic nitrogens is 1. The molecule has 0 fully saturated rings. The smallest absolute Gasteiger partial charge is 0.266 e. The highest BCUT2D eigenvalue weighted by Crippen LogP contribution is 2.17. The zero-order valence-corrected chi connectivity index (χ0v) is 13.5. The highest BCUT2D eigenvalue weighted by Gasteiger charge is 2.16. The number of nitrogens with one attached hydrogen (secondary N) is 1. The van der Waals surface area contributed by atoms with Gasteiger partial charge in [-0.3, -0.25) is 9.78 Å². The molecule has 0 radical (unpaired) electrons. The molecule has 0 bridgehead atoms. The lowest BCUT2D eigenvalue weighted by atomic mass is 10.2. The van der Waals surface area contributed by atoms with Gasteiger partial charge < -0.3 is 0 Å². The average molecular weight is 355 g/mol. The van der Waals surface area contributed by atoms with E-state index in [4.69, 9.17) is 11.6 Å². The van der Waals surface area contributed by atoms with Crippen LogP contribution in [-0.2, 0) is 10.0 Å². The summed E-state index contributed by atoms with van der Waals surface area (Å²) in [5.41, 5.74) is 1.02. The van der Waals surface area contributed by atoms with E-state index in [1.165, 1.54) is 6.08 Å². The summed E-state index contributed by atoms with van der Waals surface area (Å²) in [6, 6.07) is 8.16. The summed E-state index contributed by atoms with van der Waals surface area (Å²) in [6.45, 7) is 1.77. The maximum atomic E-state index is 12.9. The molecule has 8 heteroatoms. The van der Waals surface area contributed by atoms with Crippen molar-refractivity contribution in [3.05, 3.63) is 69.6 Å². The van der Waals surface area contributed by atoms with E-state index in [2.05, 4.69) is 4.98 Å². The Labute approximate surface area is 137 Å². The van der Waals surface area contributed by atoms with Crippen LogP contribution in [0.2, 0.25) is 5.02 Å². The minimum atomic E-state index is -4.04. The normalized spacial score (nSPS) is 11.6. The molecule has 0 unspecified atom stereocenters. The molecule has 2 rings (SSSR count). The fourth-order valence-electron chi connectivity index (χ4n) is 1.71. The van der Waals surface area contributed by atoms with Crippen molar-refractivity contribution < 1.29 is 17.6 Å². The topological polar surface area (TPSA) is 76.1 Å². The largest absolute Gasteiger partial charge is 0.268 e. The van der Waals surface area contributed by atoms with Crippen LogP contribution in [-0.4, -0.2) is 19.3 Å². The molecule has 23 heavy (non-hydrogen) atoms. The van der Waals surface area contributed by atoms with Crippen LogP contribution in [0.3, 0.4) is 0 Å². The molecule has 0 saturated heterocycles. The summed E-state index contributed by atoms with van der Waals surface area (Å²) in [4.78, 5) is 16.0. The molecular formula is C15H12ClFN2O3S. The quantitative estimate of drug-likeness (QED) is 0.915. The van der Waals surface area contributed by atoms with Gasteiger partial charge in [0.1, 0.15) is 5.82 Å². The molecule has 120 valence electrons. The van der Waals surface area contributed by atoms with Crippen LogP contribution >= 0.6 is 11.6 Å². The first-order chi connectivity index (χ1) is 10.8.